The number of carbonyl (C=O) groups is 1. The molecule has 2 N–H and O–H groups in total. The Bertz CT molecular complexity index is 286. The Morgan fingerprint density at radius 2 is 1.70 bits per heavy atom. The summed E-state index contributed by atoms with van der Waals surface area (Å²) in [5.74, 6) is 0.0626. The van der Waals surface area contributed by atoms with Crippen LogP contribution in [0.25, 0.3) is 0 Å². The van der Waals surface area contributed by atoms with E-state index in [1.54, 1.807) is 0 Å². The van der Waals surface area contributed by atoms with Gasteiger partial charge in [-0.05, 0) is 31.5 Å². The first kappa shape index (κ1) is 17.4. The average molecular weight is 298 g/mol. The van der Waals surface area contributed by atoms with Crippen LogP contribution in [-0.4, -0.2) is 17.1 Å². The summed E-state index contributed by atoms with van der Waals surface area (Å²) in [4.78, 5) is 11.8. The molecule has 0 heterocycles. The van der Waals surface area contributed by atoms with Crippen LogP contribution in [0.2, 0.25) is 0 Å². The van der Waals surface area contributed by atoms with E-state index in [9.17, 15) is 4.79 Å². The average Bonchev–Trinajstić information content (AvgIpc) is 2.67. The molecule has 0 saturated heterocycles. The van der Waals surface area contributed by atoms with Gasteiger partial charge in [0.05, 0.1) is 0 Å². The van der Waals surface area contributed by atoms with Gasteiger partial charge in [-0.15, -0.1) is 0 Å². The SMILES string of the molecule is CCCCCCCC(=O)NC(=S)NC1CCCCCC1. The van der Waals surface area contributed by atoms with E-state index in [1.165, 1.54) is 57.8 Å². The molecule has 0 aromatic carbocycles. The van der Waals surface area contributed by atoms with E-state index < -0.39 is 0 Å². The third-order valence-electron chi connectivity index (χ3n) is 3.95. The lowest BCUT2D eigenvalue weighted by Crippen LogP contribution is -2.44. The van der Waals surface area contributed by atoms with Gasteiger partial charge in [0, 0.05) is 12.5 Å². The van der Waals surface area contributed by atoms with Crippen LogP contribution in [0, 0.1) is 0 Å². The van der Waals surface area contributed by atoms with E-state index in [4.69, 9.17) is 12.2 Å². The second-order valence-electron chi connectivity index (χ2n) is 5.87. The third-order valence-corrected chi connectivity index (χ3v) is 4.17. The molecule has 20 heavy (non-hydrogen) atoms. The van der Waals surface area contributed by atoms with Crippen LogP contribution in [0.5, 0.6) is 0 Å². The molecule has 1 saturated carbocycles. The first-order chi connectivity index (χ1) is 9.72. The van der Waals surface area contributed by atoms with Gasteiger partial charge < -0.3 is 10.6 Å². The van der Waals surface area contributed by atoms with Crippen LogP contribution < -0.4 is 10.6 Å². The van der Waals surface area contributed by atoms with Crippen LogP contribution in [-0.2, 0) is 4.79 Å². The largest absolute Gasteiger partial charge is 0.360 e. The number of hydrogen-bond acceptors (Lipinski definition) is 2. The van der Waals surface area contributed by atoms with Gasteiger partial charge in [-0.2, -0.15) is 0 Å². The number of hydrogen-bond donors (Lipinski definition) is 2. The molecule has 1 fully saturated rings. The molecule has 1 aliphatic rings. The number of thiocarbonyl (C=S) groups is 1. The first-order valence-corrected chi connectivity index (χ1v) is 8.73. The number of rotatable bonds is 7. The van der Waals surface area contributed by atoms with Crippen LogP contribution in [0.3, 0.4) is 0 Å². The van der Waals surface area contributed by atoms with E-state index in [2.05, 4.69) is 17.6 Å². The van der Waals surface area contributed by atoms with E-state index >= 15 is 0 Å². The van der Waals surface area contributed by atoms with Gasteiger partial charge in [-0.3, -0.25) is 4.79 Å². The third kappa shape index (κ3) is 8.51. The van der Waals surface area contributed by atoms with Crippen LogP contribution >= 0.6 is 12.2 Å². The fourth-order valence-electron chi connectivity index (χ4n) is 2.72. The Morgan fingerprint density at radius 3 is 2.35 bits per heavy atom. The molecule has 1 rings (SSSR count). The summed E-state index contributed by atoms with van der Waals surface area (Å²) in [6.45, 7) is 2.20. The summed E-state index contributed by atoms with van der Waals surface area (Å²) >= 11 is 5.23. The lowest BCUT2D eigenvalue weighted by atomic mass is 10.1. The number of unbranched alkanes of at least 4 members (excludes halogenated alkanes) is 4. The van der Waals surface area contributed by atoms with Crippen LogP contribution in [0.15, 0.2) is 0 Å². The summed E-state index contributed by atoms with van der Waals surface area (Å²) in [5, 5.41) is 6.64. The molecule has 0 spiro atoms. The lowest BCUT2D eigenvalue weighted by molar-refractivity contribution is -0.119. The van der Waals surface area contributed by atoms with Crippen molar-refractivity contribution in [1.29, 1.82) is 0 Å². The molecule has 1 amide bonds. The summed E-state index contributed by atoms with van der Waals surface area (Å²) in [5.41, 5.74) is 0. The topological polar surface area (TPSA) is 41.1 Å². The van der Waals surface area contributed by atoms with Crippen molar-refractivity contribution in [2.75, 3.05) is 0 Å². The molecule has 0 aliphatic heterocycles. The number of amides is 1. The van der Waals surface area contributed by atoms with Crippen molar-refractivity contribution in [2.45, 2.75) is 90.0 Å². The second-order valence-corrected chi connectivity index (χ2v) is 6.28. The Balaban J connectivity index is 2.09. The Hall–Kier alpha value is -0.640. The van der Waals surface area contributed by atoms with E-state index in [1.807, 2.05) is 0 Å². The van der Waals surface area contributed by atoms with Gasteiger partial charge in [-0.25, -0.2) is 0 Å². The molecule has 0 unspecified atom stereocenters. The fraction of sp³-hybridized carbons (Fsp3) is 0.875. The molecule has 0 bridgehead atoms. The molecule has 0 radical (unpaired) electrons. The zero-order valence-corrected chi connectivity index (χ0v) is 13.7. The van der Waals surface area contributed by atoms with E-state index in [0.717, 1.165) is 12.8 Å². The summed E-state index contributed by atoms with van der Waals surface area (Å²) in [6, 6.07) is 0.454. The van der Waals surface area contributed by atoms with Crippen molar-refractivity contribution in [3.8, 4) is 0 Å². The van der Waals surface area contributed by atoms with Gasteiger partial charge >= 0.3 is 0 Å². The van der Waals surface area contributed by atoms with Gasteiger partial charge in [0.1, 0.15) is 0 Å². The molecule has 4 heteroatoms. The highest BCUT2D eigenvalue weighted by Crippen LogP contribution is 2.17. The molecule has 0 aromatic heterocycles. The van der Waals surface area contributed by atoms with Gasteiger partial charge in [0.25, 0.3) is 0 Å². The van der Waals surface area contributed by atoms with Crippen molar-refractivity contribution < 1.29 is 4.79 Å². The van der Waals surface area contributed by atoms with Crippen molar-refractivity contribution in [1.82, 2.24) is 10.6 Å². The number of carbonyl (C=O) groups excluding carboxylic acids is 1. The van der Waals surface area contributed by atoms with Crippen molar-refractivity contribution in [2.24, 2.45) is 0 Å². The molecule has 1 aliphatic carbocycles. The normalized spacial score (nSPS) is 16.4. The van der Waals surface area contributed by atoms with Crippen molar-refractivity contribution in [3.63, 3.8) is 0 Å². The minimum absolute atomic E-state index is 0.0626. The molecule has 3 nitrogen and oxygen atoms in total. The van der Waals surface area contributed by atoms with Gasteiger partial charge in [-0.1, -0.05) is 58.3 Å². The summed E-state index contributed by atoms with van der Waals surface area (Å²) < 4.78 is 0. The smallest absolute Gasteiger partial charge is 0.226 e. The monoisotopic (exact) mass is 298 g/mol. The minimum atomic E-state index is 0.0626. The zero-order valence-electron chi connectivity index (χ0n) is 12.9. The lowest BCUT2D eigenvalue weighted by Gasteiger charge is -2.18. The highest BCUT2D eigenvalue weighted by Gasteiger charge is 2.13. The van der Waals surface area contributed by atoms with Gasteiger partial charge in [0.15, 0.2) is 5.11 Å². The maximum absolute atomic E-state index is 11.8. The standard InChI is InChI=1S/C16H30N2OS/c1-2-3-4-5-10-13-15(19)18-16(20)17-14-11-8-6-7-9-12-14/h14H,2-13H2,1H3,(H2,17,18,19,20). The highest BCUT2D eigenvalue weighted by atomic mass is 32.1. The van der Waals surface area contributed by atoms with Crippen LogP contribution in [0.4, 0.5) is 0 Å². The Morgan fingerprint density at radius 1 is 1.05 bits per heavy atom. The fourth-order valence-corrected chi connectivity index (χ4v) is 3.00. The predicted molar refractivity (Wildman–Crippen MR) is 88.7 cm³/mol. The summed E-state index contributed by atoms with van der Waals surface area (Å²) in [7, 11) is 0. The predicted octanol–water partition coefficient (Wildman–Crippen LogP) is 4.06. The maximum atomic E-state index is 11.8. The van der Waals surface area contributed by atoms with Crippen molar-refractivity contribution >= 4 is 23.2 Å². The molecular weight excluding hydrogens is 268 g/mol. The molecule has 116 valence electrons. The maximum Gasteiger partial charge on any atom is 0.226 e. The second kappa shape index (κ2) is 11.1. The highest BCUT2D eigenvalue weighted by molar-refractivity contribution is 7.80. The number of nitrogens with one attached hydrogen (secondary N) is 2. The van der Waals surface area contributed by atoms with Gasteiger partial charge in [0.2, 0.25) is 5.91 Å². The quantitative estimate of drug-likeness (QED) is 0.423. The zero-order chi connectivity index (χ0) is 14.6. The minimum Gasteiger partial charge on any atom is -0.360 e. The molecular formula is C16H30N2OS. The summed E-state index contributed by atoms with van der Waals surface area (Å²) in [6.07, 6.45) is 14.0. The van der Waals surface area contributed by atoms with E-state index in [0.29, 0.717) is 17.6 Å². The Kier molecular flexibility index (Phi) is 9.63. The van der Waals surface area contributed by atoms with Crippen molar-refractivity contribution in [3.05, 3.63) is 0 Å². The van der Waals surface area contributed by atoms with Crippen LogP contribution in [0.1, 0.15) is 84.0 Å². The van der Waals surface area contributed by atoms with E-state index in [-0.39, 0.29) is 5.91 Å². The molecule has 0 aromatic rings. The molecule has 0 atom stereocenters. The Labute approximate surface area is 129 Å². The first-order valence-electron chi connectivity index (χ1n) is 8.32.